The fourth-order valence-electron chi connectivity index (χ4n) is 2.78. The van der Waals surface area contributed by atoms with Crippen LogP contribution in [0.25, 0.3) is 0 Å². The number of hydrogen-bond donors (Lipinski definition) is 1. The highest BCUT2D eigenvalue weighted by Gasteiger charge is 2.22. The van der Waals surface area contributed by atoms with Crippen molar-refractivity contribution in [2.24, 2.45) is 11.7 Å². The molecule has 114 valence electrons. The van der Waals surface area contributed by atoms with E-state index in [0.717, 1.165) is 37.6 Å². The van der Waals surface area contributed by atoms with Gasteiger partial charge in [0.15, 0.2) is 0 Å². The molecule has 0 amide bonds. The fraction of sp³-hybridized carbons (Fsp3) is 0.529. The van der Waals surface area contributed by atoms with Crippen LogP contribution in [-0.4, -0.2) is 45.4 Å². The standard InChI is InChI=1S/C17H24N2O2/c1-20-13-15-7-9-19(12-15)11-14-5-6-17(21-2)16(10-14)4-3-8-18/h5-6,10,15H,7-9,11-13,18H2,1-2H3. The fourth-order valence-corrected chi connectivity index (χ4v) is 2.78. The SMILES string of the molecule is COCC1CCN(Cc2ccc(OC)c(C#CCN)c2)C1. The minimum atomic E-state index is 0.359. The number of methoxy groups -OCH3 is 2. The molecule has 0 spiro atoms. The minimum absolute atomic E-state index is 0.359. The third kappa shape index (κ3) is 4.47. The molecule has 1 unspecified atom stereocenters. The molecule has 1 atom stereocenters. The first-order valence-corrected chi connectivity index (χ1v) is 7.34. The Kier molecular flexibility index (Phi) is 6.06. The van der Waals surface area contributed by atoms with Crippen molar-refractivity contribution in [2.45, 2.75) is 13.0 Å². The topological polar surface area (TPSA) is 47.7 Å². The molecule has 2 N–H and O–H groups in total. The van der Waals surface area contributed by atoms with E-state index in [1.54, 1.807) is 14.2 Å². The molecule has 21 heavy (non-hydrogen) atoms. The molecule has 0 radical (unpaired) electrons. The molecule has 2 rings (SSSR count). The molecule has 1 aromatic rings. The lowest BCUT2D eigenvalue weighted by Crippen LogP contribution is -2.21. The summed E-state index contributed by atoms with van der Waals surface area (Å²) in [6, 6.07) is 6.19. The number of likely N-dealkylation sites (tertiary alicyclic amines) is 1. The van der Waals surface area contributed by atoms with Crippen molar-refractivity contribution >= 4 is 0 Å². The monoisotopic (exact) mass is 288 g/mol. The van der Waals surface area contributed by atoms with Crippen LogP contribution in [-0.2, 0) is 11.3 Å². The van der Waals surface area contributed by atoms with Gasteiger partial charge in [0.1, 0.15) is 5.75 Å². The van der Waals surface area contributed by atoms with Gasteiger partial charge in [-0.2, -0.15) is 0 Å². The first kappa shape index (κ1) is 15.8. The third-order valence-corrected chi connectivity index (χ3v) is 3.77. The molecule has 1 heterocycles. The van der Waals surface area contributed by atoms with Gasteiger partial charge >= 0.3 is 0 Å². The van der Waals surface area contributed by atoms with Crippen molar-refractivity contribution in [1.29, 1.82) is 0 Å². The van der Waals surface area contributed by atoms with Gasteiger partial charge in [0.05, 0.1) is 25.8 Å². The smallest absolute Gasteiger partial charge is 0.134 e. The summed E-state index contributed by atoms with van der Waals surface area (Å²) in [5, 5.41) is 0. The van der Waals surface area contributed by atoms with Gasteiger partial charge < -0.3 is 15.2 Å². The van der Waals surface area contributed by atoms with Crippen LogP contribution in [0.2, 0.25) is 0 Å². The molecule has 1 saturated heterocycles. The van der Waals surface area contributed by atoms with E-state index in [9.17, 15) is 0 Å². The second kappa shape index (κ2) is 8.04. The van der Waals surface area contributed by atoms with Crippen LogP contribution in [0.15, 0.2) is 18.2 Å². The number of hydrogen-bond acceptors (Lipinski definition) is 4. The summed E-state index contributed by atoms with van der Waals surface area (Å²) in [6.45, 7) is 4.39. The minimum Gasteiger partial charge on any atom is -0.495 e. The predicted molar refractivity (Wildman–Crippen MR) is 84.2 cm³/mol. The highest BCUT2D eigenvalue weighted by molar-refractivity contribution is 5.48. The normalized spacial score (nSPS) is 18.3. The molecular weight excluding hydrogens is 264 g/mol. The zero-order valence-electron chi connectivity index (χ0n) is 12.9. The summed E-state index contributed by atoms with van der Waals surface area (Å²) >= 11 is 0. The van der Waals surface area contributed by atoms with Crippen LogP contribution >= 0.6 is 0 Å². The predicted octanol–water partition coefficient (Wildman–Crippen LogP) is 1.47. The summed E-state index contributed by atoms with van der Waals surface area (Å²) in [4.78, 5) is 2.46. The maximum Gasteiger partial charge on any atom is 0.134 e. The largest absolute Gasteiger partial charge is 0.495 e. The average Bonchev–Trinajstić information content (AvgIpc) is 2.93. The Morgan fingerprint density at radius 2 is 2.24 bits per heavy atom. The van der Waals surface area contributed by atoms with Gasteiger partial charge in [0, 0.05) is 20.2 Å². The zero-order chi connectivity index (χ0) is 15.1. The second-order valence-electron chi connectivity index (χ2n) is 5.39. The van der Waals surface area contributed by atoms with Crippen LogP contribution in [0, 0.1) is 17.8 Å². The molecule has 0 bridgehead atoms. The number of nitrogens with zero attached hydrogens (tertiary/aromatic N) is 1. The Balaban J connectivity index is 2.04. The van der Waals surface area contributed by atoms with Crippen molar-refractivity contribution in [3.8, 4) is 17.6 Å². The second-order valence-corrected chi connectivity index (χ2v) is 5.39. The van der Waals surface area contributed by atoms with Crippen LogP contribution in [0.5, 0.6) is 5.75 Å². The van der Waals surface area contributed by atoms with Gasteiger partial charge in [-0.25, -0.2) is 0 Å². The van der Waals surface area contributed by atoms with Crippen LogP contribution in [0.4, 0.5) is 0 Å². The quantitative estimate of drug-likeness (QED) is 0.834. The van der Waals surface area contributed by atoms with Crippen molar-refractivity contribution < 1.29 is 9.47 Å². The van der Waals surface area contributed by atoms with E-state index in [1.807, 2.05) is 6.07 Å². The van der Waals surface area contributed by atoms with E-state index < -0.39 is 0 Å². The summed E-state index contributed by atoms with van der Waals surface area (Å²) in [6.07, 6.45) is 1.21. The van der Waals surface area contributed by atoms with Gasteiger partial charge in [-0.15, -0.1) is 0 Å². The first-order chi connectivity index (χ1) is 10.3. The van der Waals surface area contributed by atoms with Gasteiger partial charge in [0.25, 0.3) is 0 Å². The highest BCUT2D eigenvalue weighted by Crippen LogP contribution is 2.22. The van der Waals surface area contributed by atoms with Crippen molar-refractivity contribution in [1.82, 2.24) is 4.90 Å². The van der Waals surface area contributed by atoms with Gasteiger partial charge in [-0.3, -0.25) is 4.90 Å². The number of ether oxygens (including phenoxy) is 2. The molecule has 4 heteroatoms. The van der Waals surface area contributed by atoms with Crippen molar-refractivity contribution in [2.75, 3.05) is 40.5 Å². The Bertz CT molecular complexity index is 519. The molecular formula is C17H24N2O2. The summed E-state index contributed by atoms with van der Waals surface area (Å²) in [7, 11) is 3.44. The number of nitrogens with two attached hydrogens (primary N) is 1. The van der Waals surface area contributed by atoms with Crippen molar-refractivity contribution in [3.05, 3.63) is 29.3 Å². The molecule has 0 aliphatic carbocycles. The molecule has 1 aliphatic rings. The Labute approximate surface area is 127 Å². The van der Waals surface area contributed by atoms with E-state index in [4.69, 9.17) is 15.2 Å². The summed E-state index contributed by atoms with van der Waals surface area (Å²) in [5.74, 6) is 7.43. The molecule has 4 nitrogen and oxygen atoms in total. The molecule has 1 aromatic carbocycles. The Hall–Kier alpha value is -1.54. The summed E-state index contributed by atoms with van der Waals surface area (Å²) < 4.78 is 10.6. The summed E-state index contributed by atoms with van der Waals surface area (Å²) in [5.41, 5.74) is 7.62. The van der Waals surface area contributed by atoms with Crippen LogP contribution < -0.4 is 10.5 Å². The van der Waals surface area contributed by atoms with Crippen LogP contribution in [0.1, 0.15) is 17.5 Å². The zero-order valence-corrected chi connectivity index (χ0v) is 12.9. The highest BCUT2D eigenvalue weighted by atomic mass is 16.5. The number of rotatable bonds is 5. The lowest BCUT2D eigenvalue weighted by Gasteiger charge is -2.16. The average molecular weight is 288 g/mol. The van der Waals surface area contributed by atoms with Gasteiger partial charge in [0.2, 0.25) is 0 Å². The third-order valence-electron chi connectivity index (χ3n) is 3.77. The molecule has 0 aromatic heterocycles. The van der Waals surface area contributed by atoms with Crippen LogP contribution in [0.3, 0.4) is 0 Å². The first-order valence-electron chi connectivity index (χ1n) is 7.34. The van der Waals surface area contributed by atoms with E-state index in [-0.39, 0.29) is 0 Å². The maximum absolute atomic E-state index is 5.45. The Morgan fingerprint density at radius 1 is 1.38 bits per heavy atom. The lowest BCUT2D eigenvalue weighted by atomic mass is 10.1. The van der Waals surface area contributed by atoms with E-state index in [1.165, 1.54) is 12.0 Å². The Morgan fingerprint density at radius 3 is 2.95 bits per heavy atom. The lowest BCUT2D eigenvalue weighted by molar-refractivity contribution is 0.152. The number of benzene rings is 1. The van der Waals surface area contributed by atoms with Gasteiger partial charge in [-0.1, -0.05) is 17.9 Å². The molecule has 0 saturated carbocycles. The van der Waals surface area contributed by atoms with E-state index in [0.29, 0.717) is 12.5 Å². The molecule has 1 fully saturated rings. The van der Waals surface area contributed by atoms with Gasteiger partial charge in [-0.05, 0) is 36.6 Å². The van der Waals surface area contributed by atoms with E-state index in [2.05, 4.69) is 28.9 Å². The molecule has 1 aliphatic heterocycles. The van der Waals surface area contributed by atoms with E-state index >= 15 is 0 Å². The maximum atomic E-state index is 5.45. The van der Waals surface area contributed by atoms with Crippen molar-refractivity contribution in [3.63, 3.8) is 0 Å².